The first-order valence-electron chi connectivity index (χ1n) is 7.22. The second kappa shape index (κ2) is 9.11. The van der Waals surface area contributed by atoms with Crippen LogP contribution in [0.4, 0.5) is 0 Å². The van der Waals surface area contributed by atoms with Crippen molar-refractivity contribution in [2.24, 2.45) is 12.9 Å². The fraction of sp³-hybridized carbons (Fsp3) is 0.786. The van der Waals surface area contributed by atoms with Crippen molar-refractivity contribution in [3.63, 3.8) is 0 Å². The molecule has 3 N–H and O–H groups in total. The number of aromatic nitrogens is 2. The Hall–Kier alpha value is -0.870. The van der Waals surface area contributed by atoms with E-state index in [2.05, 4.69) is 17.4 Å². The minimum Gasteiger partial charge on any atom is -0.275 e. The summed E-state index contributed by atoms with van der Waals surface area (Å²) in [6.45, 7) is 2.26. The highest BCUT2D eigenvalue weighted by atomic mass is 15.3. The van der Waals surface area contributed by atoms with Crippen LogP contribution < -0.4 is 11.3 Å². The monoisotopic (exact) mass is 252 g/mol. The maximum Gasteiger partial charge on any atom is 0.0538 e. The Bertz CT molecular complexity index is 308. The lowest BCUT2D eigenvalue weighted by molar-refractivity contribution is 0.475. The minimum atomic E-state index is 0.245. The molecule has 4 nitrogen and oxygen atoms in total. The molecule has 0 aliphatic rings. The van der Waals surface area contributed by atoms with Gasteiger partial charge in [-0.25, -0.2) is 0 Å². The van der Waals surface area contributed by atoms with E-state index < -0.39 is 0 Å². The SMILES string of the molecule is CCCCCCCCCC(NN)c1cnn(C)c1. The molecule has 0 radical (unpaired) electrons. The number of nitrogens with two attached hydrogens (primary N) is 1. The molecule has 0 saturated heterocycles. The van der Waals surface area contributed by atoms with E-state index in [4.69, 9.17) is 5.84 Å². The molecule has 0 saturated carbocycles. The van der Waals surface area contributed by atoms with Crippen LogP contribution in [-0.4, -0.2) is 9.78 Å². The van der Waals surface area contributed by atoms with Gasteiger partial charge in [-0.15, -0.1) is 0 Å². The molecule has 0 aromatic carbocycles. The van der Waals surface area contributed by atoms with Crippen LogP contribution in [0.25, 0.3) is 0 Å². The predicted molar refractivity (Wildman–Crippen MR) is 75.9 cm³/mol. The normalized spacial score (nSPS) is 12.8. The summed E-state index contributed by atoms with van der Waals surface area (Å²) in [5, 5.41) is 4.18. The second-order valence-electron chi connectivity index (χ2n) is 5.08. The number of nitrogens with zero attached hydrogens (tertiary/aromatic N) is 2. The van der Waals surface area contributed by atoms with Crippen molar-refractivity contribution in [3.05, 3.63) is 18.0 Å². The standard InChI is InChI=1S/C14H28N4/c1-3-4-5-6-7-8-9-10-14(17-15)13-11-16-18(2)12-13/h11-12,14,17H,3-10,15H2,1-2H3. The number of rotatable bonds is 10. The van der Waals surface area contributed by atoms with Crippen LogP contribution in [0.15, 0.2) is 12.4 Å². The molecule has 1 aromatic rings. The van der Waals surface area contributed by atoms with E-state index >= 15 is 0 Å². The molecular formula is C14H28N4. The van der Waals surface area contributed by atoms with Crippen molar-refractivity contribution in [2.45, 2.75) is 64.3 Å². The van der Waals surface area contributed by atoms with Crippen molar-refractivity contribution in [3.8, 4) is 0 Å². The zero-order valence-electron chi connectivity index (χ0n) is 11.9. The van der Waals surface area contributed by atoms with Crippen molar-refractivity contribution in [1.29, 1.82) is 0 Å². The van der Waals surface area contributed by atoms with Gasteiger partial charge in [0.25, 0.3) is 0 Å². The number of hydrogen-bond acceptors (Lipinski definition) is 3. The lowest BCUT2D eigenvalue weighted by Gasteiger charge is -2.13. The van der Waals surface area contributed by atoms with Gasteiger partial charge in [-0.1, -0.05) is 51.9 Å². The van der Waals surface area contributed by atoms with Crippen LogP contribution in [0.5, 0.6) is 0 Å². The first-order chi connectivity index (χ1) is 8.77. The van der Waals surface area contributed by atoms with Gasteiger partial charge >= 0.3 is 0 Å². The Labute approximate surface area is 111 Å². The molecule has 104 valence electrons. The Kier molecular flexibility index (Phi) is 7.69. The van der Waals surface area contributed by atoms with Crippen molar-refractivity contribution >= 4 is 0 Å². The van der Waals surface area contributed by atoms with Gasteiger partial charge in [0, 0.05) is 24.8 Å². The molecule has 0 amide bonds. The lowest BCUT2D eigenvalue weighted by atomic mass is 10.0. The Morgan fingerprint density at radius 2 is 1.89 bits per heavy atom. The van der Waals surface area contributed by atoms with Gasteiger partial charge in [-0.2, -0.15) is 5.10 Å². The lowest BCUT2D eigenvalue weighted by Crippen LogP contribution is -2.27. The highest BCUT2D eigenvalue weighted by Crippen LogP contribution is 2.19. The Morgan fingerprint density at radius 1 is 1.22 bits per heavy atom. The van der Waals surface area contributed by atoms with E-state index in [9.17, 15) is 0 Å². The van der Waals surface area contributed by atoms with E-state index in [0.29, 0.717) is 0 Å². The van der Waals surface area contributed by atoms with Crippen LogP contribution >= 0.6 is 0 Å². The molecule has 1 unspecified atom stereocenters. The third-order valence-electron chi connectivity index (χ3n) is 3.42. The number of unbranched alkanes of at least 4 members (excludes halogenated alkanes) is 6. The van der Waals surface area contributed by atoms with Crippen LogP contribution in [0.3, 0.4) is 0 Å². The molecule has 4 heteroatoms. The second-order valence-corrected chi connectivity index (χ2v) is 5.08. The van der Waals surface area contributed by atoms with Gasteiger partial charge in [0.15, 0.2) is 0 Å². The first kappa shape index (κ1) is 15.2. The summed E-state index contributed by atoms with van der Waals surface area (Å²) in [6, 6.07) is 0.245. The smallest absolute Gasteiger partial charge is 0.0538 e. The predicted octanol–water partition coefficient (Wildman–Crippen LogP) is 3.07. The molecule has 0 aliphatic carbocycles. The molecular weight excluding hydrogens is 224 g/mol. The number of hydrazine groups is 1. The third-order valence-corrected chi connectivity index (χ3v) is 3.42. The summed E-state index contributed by atoms with van der Waals surface area (Å²) in [5.41, 5.74) is 4.08. The van der Waals surface area contributed by atoms with Gasteiger partial charge in [-0.3, -0.25) is 16.0 Å². The fourth-order valence-electron chi connectivity index (χ4n) is 2.27. The van der Waals surface area contributed by atoms with E-state index in [1.54, 1.807) is 0 Å². The maximum atomic E-state index is 5.61. The van der Waals surface area contributed by atoms with Gasteiger partial charge in [-0.05, 0) is 6.42 Å². The highest BCUT2D eigenvalue weighted by molar-refractivity contribution is 5.09. The van der Waals surface area contributed by atoms with Gasteiger partial charge in [0.2, 0.25) is 0 Å². The first-order valence-corrected chi connectivity index (χ1v) is 7.22. The molecule has 1 aromatic heterocycles. The van der Waals surface area contributed by atoms with Crippen LogP contribution in [0, 0.1) is 0 Å². The van der Waals surface area contributed by atoms with E-state index in [1.807, 2.05) is 24.1 Å². The average molecular weight is 252 g/mol. The highest BCUT2D eigenvalue weighted by Gasteiger charge is 2.10. The van der Waals surface area contributed by atoms with Crippen LogP contribution in [0.2, 0.25) is 0 Å². The summed E-state index contributed by atoms with van der Waals surface area (Å²) < 4.78 is 1.82. The van der Waals surface area contributed by atoms with E-state index in [-0.39, 0.29) is 6.04 Å². The van der Waals surface area contributed by atoms with Crippen molar-refractivity contribution in [2.75, 3.05) is 0 Å². The molecule has 0 spiro atoms. The third kappa shape index (κ3) is 5.65. The minimum absolute atomic E-state index is 0.245. The summed E-state index contributed by atoms with van der Waals surface area (Å²) in [7, 11) is 1.94. The summed E-state index contributed by atoms with van der Waals surface area (Å²) >= 11 is 0. The van der Waals surface area contributed by atoms with Crippen LogP contribution in [-0.2, 0) is 7.05 Å². The fourth-order valence-corrected chi connectivity index (χ4v) is 2.27. The Morgan fingerprint density at radius 3 is 2.44 bits per heavy atom. The van der Waals surface area contributed by atoms with Crippen molar-refractivity contribution in [1.82, 2.24) is 15.2 Å². The number of aryl methyl sites for hydroxylation is 1. The topological polar surface area (TPSA) is 55.9 Å². The molecule has 1 rings (SSSR count). The Balaban J connectivity index is 2.13. The average Bonchev–Trinajstić information content (AvgIpc) is 2.79. The van der Waals surface area contributed by atoms with Crippen molar-refractivity contribution < 1.29 is 0 Å². The summed E-state index contributed by atoms with van der Waals surface area (Å²) in [6.07, 6.45) is 14.4. The number of hydrogen-bond donors (Lipinski definition) is 2. The summed E-state index contributed by atoms with van der Waals surface area (Å²) in [5.74, 6) is 5.61. The molecule has 0 aliphatic heterocycles. The zero-order chi connectivity index (χ0) is 13.2. The molecule has 1 heterocycles. The van der Waals surface area contributed by atoms with Gasteiger partial charge in [0.1, 0.15) is 0 Å². The van der Waals surface area contributed by atoms with Gasteiger partial charge < -0.3 is 0 Å². The van der Waals surface area contributed by atoms with E-state index in [0.717, 1.165) is 6.42 Å². The molecule has 18 heavy (non-hydrogen) atoms. The van der Waals surface area contributed by atoms with Crippen LogP contribution in [0.1, 0.15) is 69.9 Å². The quantitative estimate of drug-likeness (QED) is 0.382. The van der Waals surface area contributed by atoms with E-state index in [1.165, 1.54) is 50.5 Å². The van der Waals surface area contributed by atoms with Gasteiger partial charge in [0.05, 0.1) is 6.20 Å². The largest absolute Gasteiger partial charge is 0.275 e. The summed E-state index contributed by atoms with van der Waals surface area (Å²) in [4.78, 5) is 0. The molecule has 1 atom stereocenters. The zero-order valence-corrected chi connectivity index (χ0v) is 11.9. The molecule has 0 bridgehead atoms. The number of nitrogens with one attached hydrogen (secondary N) is 1. The maximum absolute atomic E-state index is 5.61. The molecule has 0 fully saturated rings.